The number of nitrogens with zero attached hydrogens (tertiary/aromatic N) is 1. The Hall–Kier alpha value is -2.96. The van der Waals surface area contributed by atoms with Gasteiger partial charge in [-0.05, 0) is 24.3 Å². The van der Waals surface area contributed by atoms with Gasteiger partial charge in [-0.25, -0.2) is 5.10 Å². The average Bonchev–Trinajstić information content (AvgIpc) is 2.48. The summed E-state index contributed by atoms with van der Waals surface area (Å²) in [5, 5.41) is 11.2. The second kappa shape index (κ2) is 6.66. The molecule has 0 atom stereocenters. The Morgan fingerprint density at radius 3 is 2.36 bits per heavy atom. The summed E-state index contributed by atoms with van der Waals surface area (Å²) < 4.78 is 0. The summed E-state index contributed by atoms with van der Waals surface area (Å²) in [5.41, 5.74) is 0.816. The summed E-state index contributed by atoms with van der Waals surface area (Å²) in [7, 11) is 0. The summed E-state index contributed by atoms with van der Waals surface area (Å²) in [6.07, 6.45) is 0. The van der Waals surface area contributed by atoms with Gasteiger partial charge >= 0.3 is 0 Å². The van der Waals surface area contributed by atoms with E-state index in [0.717, 1.165) is 0 Å². The second-order valence-corrected chi connectivity index (χ2v) is 4.99. The van der Waals surface area contributed by atoms with Gasteiger partial charge in [-0.1, -0.05) is 19.9 Å². The Bertz CT molecular complexity index is 732. The van der Waals surface area contributed by atoms with Crippen LogP contribution in [0.3, 0.4) is 0 Å². The van der Waals surface area contributed by atoms with Gasteiger partial charge in [0.2, 0.25) is 5.91 Å². The highest BCUT2D eigenvalue weighted by Crippen LogP contribution is 2.16. The number of aromatic amines is 1. The zero-order valence-electron chi connectivity index (χ0n) is 12.2. The van der Waals surface area contributed by atoms with Gasteiger partial charge < -0.3 is 10.6 Å². The van der Waals surface area contributed by atoms with Crippen LogP contribution in [0.1, 0.15) is 24.3 Å². The molecule has 0 fully saturated rings. The molecule has 2 amide bonds. The lowest BCUT2D eigenvalue weighted by atomic mass is 10.2. The number of aromatic nitrogens is 2. The number of nitrogens with one attached hydrogen (secondary N) is 3. The number of carbonyl (C=O) groups is 2. The Labute approximate surface area is 126 Å². The molecule has 1 heterocycles. The van der Waals surface area contributed by atoms with Gasteiger partial charge in [0, 0.05) is 23.4 Å². The van der Waals surface area contributed by atoms with Crippen molar-refractivity contribution in [2.45, 2.75) is 13.8 Å². The van der Waals surface area contributed by atoms with Crippen LogP contribution in [0.15, 0.2) is 41.2 Å². The topological polar surface area (TPSA) is 104 Å². The van der Waals surface area contributed by atoms with E-state index in [9.17, 15) is 14.4 Å². The van der Waals surface area contributed by atoms with E-state index >= 15 is 0 Å². The van der Waals surface area contributed by atoms with Crippen LogP contribution in [0, 0.1) is 5.92 Å². The summed E-state index contributed by atoms with van der Waals surface area (Å²) in [6, 6.07) is 9.33. The third-order valence-electron chi connectivity index (χ3n) is 2.82. The minimum absolute atomic E-state index is 0.0937. The summed E-state index contributed by atoms with van der Waals surface area (Å²) in [4.78, 5) is 34.6. The van der Waals surface area contributed by atoms with Gasteiger partial charge in [-0.2, -0.15) is 5.10 Å². The number of hydrogen-bond acceptors (Lipinski definition) is 4. The molecule has 114 valence electrons. The van der Waals surface area contributed by atoms with Crippen molar-refractivity contribution in [1.29, 1.82) is 0 Å². The lowest BCUT2D eigenvalue weighted by Gasteiger charge is -2.10. The maximum absolute atomic E-state index is 12.0. The van der Waals surface area contributed by atoms with Crippen molar-refractivity contribution in [1.82, 2.24) is 10.2 Å². The minimum atomic E-state index is -0.455. The Balaban J connectivity index is 2.10. The summed E-state index contributed by atoms with van der Waals surface area (Å²) in [6.45, 7) is 3.59. The van der Waals surface area contributed by atoms with E-state index in [1.807, 2.05) is 0 Å². The molecule has 0 aliphatic heterocycles. The number of amides is 2. The molecular formula is C15H16N4O3. The first-order valence-electron chi connectivity index (χ1n) is 6.74. The number of hydrogen-bond donors (Lipinski definition) is 3. The molecule has 0 saturated heterocycles. The Morgan fingerprint density at radius 2 is 1.77 bits per heavy atom. The zero-order valence-corrected chi connectivity index (χ0v) is 12.2. The van der Waals surface area contributed by atoms with Crippen molar-refractivity contribution in [3.63, 3.8) is 0 Å². The molecule has 22 heavy (non-hydrogen) atoms. The van der Waals surface area contributed by atoms with Gasteiger partial charge in [0.05, 0.1) is 0 Å². The van der Waals surface area contributed by atoms with Crippen molar-refractivity contribution in [3.8, 4) is 0 Å². The van der Waals surface area contributed by atoms with Crippen LogP contribution in [0.4, 0.5) is 11.4 Å². The summed E-state index contributed by atoms with van der Waals surface area (Å²) in [5.74, 6) is -0.696. The normalized spacial score (nSPS) is 10.3. The Kier molecular flexibility index (Phi) is 4.67. The molecule has 0 saturated carbocycles. The molecule has 0 aliphatic carbocycles. The first-order chi connectivity index (χ1) is 10.5. The highest BCUT2D eigenvalue weighted by atomic mass is 16.2. The van der Waals surface area contributed by atoms with Crippen LogP contribution in [0.5, 0.6) is 0 Å². The number of carbonyl (C=O) groups excluding carboxylic acids is 2. The van der Waals surface area contributed by atoms with E-state index in [1.165, 1.54) is 12.1 Å². The highest BCUT2D eigenvalue weighted by Gasteiger charge is 2.10. The molecular weight excluding hydrogens is 284 g/mol. The fourth-order valence-electron chi connectivity index (χ4n) is 1.63. The van der Waals surface area contributed by atoms with E-state index in [1.54, 1.807) is 38.1 Å². The predicted octanol–water partition coefficient (Wildman–Crippen LogP) is 1.62. The van der Waals surface area contributed by atoms with Gasteiger partial charge in [0.15, 0.2) is 0 Å². The molecule has 1 aromatic carbocycles. The SMILES string of the molecule is CC(C)C(=O)Nc1cccc(NC(=O)c2ccc(=O)[nH]n2)c1. The standard InChI is InChI=1S/C15H16N4O3/c1-9(2)14(21)16-10-4-3-5-11(8-10)17-15(22)12-6-7-13(20)19-18-12/h3-9H,1-2H3,(H,16,21)(H,17,22)(H,19,20). The molecule has 0 unspecified atom stereocenters. The molecule has 0 aliphatic rings. The van der Waals surface area contributed by atoms with Crippen LogP contribution in [0.2, 0.25) is 0 Å². The molecule has 0 spiro atoms. The molecule has 2 aromatic rings. The quantitative estimate of drug-likeness (QED) is 0.798. The first kappa shape index (κ1) is 15.4. The fraction of sp³-hybridized carbons (Fsp3) is 0.200. The molecule has 7 heteroatoms. The van der Waals surface area contributed by atoms with Crippen molar-refractivity contribution in [2.24, 2.45) is 5.92 Å². The number of rotatable bonds is 4. The fourth-order valence-corrected chi connectivity index (χ4v) is 1.63. The predicted molar refractivity (Wildman–Crippen MR) is 82.7 cm³/mol. The van der Waals surface area contributed by atoms with Gasteiger partial charge in [-0.3, -0.25) is 14.4 Å². The Morgan fingerprint density at radius 1 is 1.09 bits per heavy atom. The first-order valence-corrected chi connectivity index (χ1v) is 6.74. The lowest BCUT2D eigenvalue weighted by molar-refractivity contribution is -0.118. The van der Waals surface area contributed by atoms with E-state index in [4.69, 9.17) is 0 Å². The molecule has 3 N–H and O–H groups in total. The maximum Gasteiger partial charge on any atom is 0.276 e. The van der Waals surface area contributed by atoms with Crippen LogP contribution in [0.25, 0.3) is 0 Å². The van der Waals surface area contributed by atoms with E-state index < -0.39 is 5.91 Å². The van der Waals surface area contributed by atoms with Crippen LogP contribution in [-0.4, -0.2) is 22.0 Å². The van der Waals surface area contributed by atoms with Crippen molar-refractivity contribution < 1.29 is 9.59 Å². The zero-order chi connectivity index (χ0) is 16.1. The lowest BCUT2D eigenvalue weighted by Crippen LogP contribution is -2.19. The van der Waals surface area contributed by atoms with Crippen molar-refractivity contribution in [3.05, 3.63) is 52.4 Å². The second-order valence-electron chi connectivity index (χ2n) is 4.99. The van der Waals surface area contributed by atoms with E-state index in [2.05, 4.69) is 20.8 Å². The van der Waals surface area contributed by atoms with Gasteiger partial charge in [0.25, 0.3) is 11.5 Å². The monoisotopic (exact) mass is 300 g/mol. The van der Waals surface area contributed by atoms with E-state index in [0.29, 0.717) is 11.4 Å². The maximum atomic E-state index is 12.0. The largest absolute Gasteiger partial charge is 0.326 e. The third kappa shape index (κ3) is 4.02. The molecule has 1 aromatic heterocycles. The molecule has 0 radical (unpaired) electrons. The number of H-pyrrole nitrogens is 1. The minimum Gasteiger partial charge on any atom is -0.326 e. The average molecular weight is 300 g/mol. The molecule has 7 nitrogen and oxygen atoms in total. The number of anilines is 2. The third-order valence-corrected chi connectivity index (χ3v) is 2.82. The number of benzene rings is 1. The molecule has 2 rings (SSSR count). The van der Waals surface area contributed by atoms with Crippen molar-refractivity contribution in [2.75, 3.05) is 10.6 Å². The van der Waals surface area contributed by atoms with Crippen LogP contribution in [-0.2, 0) is 4.79 Å². The van der Waals surface area contributed by atoms with Gasteiger partial charge in [-0.15, -0.1) is 0 Å². The van der Waals surface area contributed by atoms with Gasteiger partial charge in [0.1, 0.15) is 5.69 Å². The molecule has 0 bridgehead atoms. The van der Waals surface area contributed by atoms with Crippen molar-refractivity contribution >= 4 is 23.2 Å². The highest BCUT2D eigenvalue weighted by molar-refractivity contribution is 6.03. The van der Waals surface area contributed by atoms with Crippen LogP contribution < -0.4 is 16.2 Å². The van der Waals surface area contributed by atoms with Crippen LogP contribution >= 0.6 is 0 Å². The summed E-state index contributed by atoms with van der Waals surface area (Å²) >= 11 is 0. The van der Waals surface area contributed by atoms with E-state index in [-0.39, 0.29) is 23.1 Å². The smallest absolute Gasteiger partial charge is 0.276 e.